The third-order valence-corrected chi connectivity index (χ3v) is 0.755. The van der Waals surface area contributed by atoms with Crippen LogP contribution in [-0.4, -0.2) is 37.5 Å². The summed E-state index contributed by atoms with van der Waals surface area (Å²) in [5, 5.41) is 21.4. The van der Waals surface area contributed by atoms with E-state index in [4.69, 9.17) is 0 Å². The number of nitrogens with zero attached hydrogens (tertiary/aromatic N) is 2. The van der Waals surface area contributed by atoms with Gasteiger partial charge in [0.05, 0.1) is 7.11 Å². The van der Waals surface area contributed by atoms with Gasteiger partial charge in [-0.2, -0.15) is 4.99 Å². The second-order valence-electron chi connectivity index (χ2n) is 1.65. The first kappa shape index (κ1) is 9.76. The maximum absolute atomic E-state index is 10.4. The molecule has 62 valence electrons. The second kappa shape index (κ2) is 5.54. The topological polar surface area (TPSA) is 71.1 Å². The molecule has 0 atom stereocenters. The van der Waals surface area contributed by atoms with Crippen molar-refractivity contribution < 1.29 is 9.88 Å². The zero-order chi connectivity index (χ0) is 7.98. The first-order valence-corrected chi connectivity index (χ1v) is 2.70. The zero-order valence-corrected chi connectivity index (χ0v) is 5.94. The van der Waals surface area contributed by atoms with Crippen molar-refractivity contribution >= 4 is 0 Å². The van der Waals surface area contributed by atoms with Crippen molar-refractivity contribution in [2.75, 3.05) is 27.2 Å². The molecule has 0 fully saturated rings. The van der Waals surface area contributed by atoms with Gasteiger partial charge in [0.2, 0.25) is 0 Å². The predicted octanol–water partition coefficient (Wildman–Crippen LogP) is -0.291. The van der Waals surface area contributed by atoms with E-state index in [9.17, 15) is 10.4 Å². The molecule has 0 rings (SSSR count). The SMILES string of the molecule is COON([O-])CCN(C)[O-]. The van der Waals surface area contributed by atoms with Crippen molar-refractivity contribution in [2.24, 2.45) is 0 Å². The standard InChI is InChI=1S/C4H10N2O4/c1-5(7)3-4-6(8)10-9-2/h3-4H2,1-2H3/q-2. The molecule has 0 heterocycles. The Kier molecular flexibility index (Phi) is 5.40. The summed E-state index contributed by atoms with van der Waals surface area (Å²) in [7, 11) is 2.53. The van der Waals surface area contributed by atoms with Crippen LogP contribution in [0.15, 0.2) is 0 Å². The molecule has 0 saturated heterocycles. The summed E-state index contributed by atoms with van der Waals surface area (Å²) in [6.07, 6.45) is 0. The summed E-state index contributed by atoms with van der Waals surface area (Å²) in [5.41, 5.74) is 0. The Balaban J connectivity index is 3.12. The number of hydrogen-bond acceptors (Lipinski definition) is 6. The third-order valence-electron chi connectivity index (χ3n) is 0.755. The minimum atomic E-state index is -0.0339. The summed E-state index contributed by atoms with van der Waals surface area (Å²) in [5.74, 6) is 0. The molecule has 0 radical (unpaired) electrons. The molecule has 6 heteroatoms. The van der Waals surface area contributed by atoms with Crippen molar-refractivity contribution in [3.05, 3.63) is 10.4 Å². The van der Waals surface area contributed by atoms with Gasteiger partial charge in [0.1, 0.15) is 0 Å². The van der Waals surface area contributed by atoms with E-state index < -0.39 is 0 Å². The van der Waals surface area contributed by atoms with E-state index in [0.717, 1.165) is 0 Å². The molecule has 0 amide bonds. The summed E-state index contributed by atoms with van der Waals surface area (Å²) < 4.78 is 0. The third kappa shape index (κ3) is 5.89. The van der Waals surface area contributed by atoms with Gasteiger partial charge in [-0.3, -0.25) is 0 Å². The first-order chi connectivity index (χ1) is 4.66. The van der Waals surface area contributed by atoms with Crippen LogP contribution in [0.2, 0.25) is 0 Å². The van der Waals surface area contributed by atoms with Gasteiger partial charge < -0.3 is 15.5 Å². The number of rotatable bonds is 5. The fourth-order valence-electron chi connectivity index (χ4n) is 0.343. The molecule has 0 aliphatic rings. The smallest absolute Gasteiger partial charge is 0.0732 e. The van der Waals surface area contributed by atoms with Crippen LogP contribution < -0.4 is 0 Å². The molecule has 0 aromatic heterocycles. The van der Waals surface area contributed by atoms with Crippen molar-refractivity contribution in [1.82, 2.24) is 10.3 Å². The summed E-state index contributed by atoms with van der Waals surface area (Å²) in [6, 6.07) is 0. The maximum atomic E-state index is 10.4. The lowest BCUT2D eigenvalue weighted by atomic mass is 10.6. The van der Waals surface area contributed by atoms with Crippen LogP contribution >= 0.6 is 0 Å². The highest BCUT2D eigenvalue weighted by Crippen LogP contribution is 1.86. The van der Waals surface area contributed by atoms with Crippen molar-refractivity contribution in [3.8, 4) is 0 Å². The molecule has 0 aromatic rings. The fraction of sp³-hybridized carbons (Fsp3) is 1.00. The van der Waals surface area contributed by atoms with Crippen molar-refractivity contribution in [1.29, 1.82) is 0 Å². The Morgan fingerprint density at radius 1 is 1.30 bits per heavy atom. The molecule has 0 aliphatic carbocycles. The van der Waals surface area contributed by atoms with Gasteiger partial charge in [0, 0.05) is 6.54 Å². The van der Waals surface area contributed by atoms with Gasteiger partial charge in [-0.1, -0.05) is 0 Å². The van der Waals surface area contributed by atoms with Gasteiger partial charge >= 0.3 is 0 Å². The maximum Gasteiger partial charge on any atom is 0.0732 e. The Bertz CT molecular complexity index is 79.7. The summed E-state index contributed by atoms with van der Waals surface area (Å²) >= 11 is 0. The molecular formula is C4H10N2O4-2. The van der Waals surface area contributed by atoms with E-state index in [1.54, 1.807) is 0 Å². The Morgan fingerprint density at radius 2 is 1.90 bits per heavy atom. The molecule has 6 nitrogen and oxygen atoms in total. The summed E-state index contributed by atoms with van der Waals surface area (Å²) in [6.45, 7) is 0.0562. The monoisotopic (exact) mass is 150 g/mol. The normalized spacial score (nSPS) is 11.4. The number of likely N-dealkylation sites (N-methyl/N-ethyl adjacent to an activating group) is 1. The fourth-order valence-corrected chi connectivity index (χ4v) is 0.343. The largest absolute Gasteiger partial charge is 0.785 e. The Hall–Kier alpha value is -0.240. The Labute approximate surface area is 59.0 Å². The predicted molar refractivity (Wildman–Crippen MR) is 34.2 cm³/mol. The minimum absolute atomic E-state index is 0.0339. The van der Waals surface area contributed by atoms with Crippen LogP contribution in [0.5, 0.6) is 0 Å². The van der Waals surface area contributed by atoms with Crippen molar-refractivity contribution in [2.45, 2.75) is 0 Å². The highest BCUT2D eigenvalue weighted by Gasteiger charge is 1.89. The molecule has 10 heavy (non-hydrogen) atoms. The van der Waals surface area contributed by atoms with Crippen molar-refractivity contribution in [3.63, 3.8) is 0 Å². The van der Waals surface area contributed by atoms with Gasteiger partial charge in [0.25, 0.3) is 0 Å². The van der Waals surface area contributed by atoms with Gasteiger partial charge in [-0.05, 0) is 13.6 Å². The van der Waals surface area contributed by atoms with Gasteiger partial charge in [-0.25, -0.2) is 10.1 Å². The number of hydroxylamine groups is 4. The lowest BCUT2D eigenvalue weighted by Gasteiger charge is -2.29. The molecule has 0 aromatic carbocycles. The van der Waals surface area contributed by atoms with Crippen LogP contribution in [0.25, 0.3) is 0 Å². The van der Waals surface area contributed by atoms with Crippen LogP contribution in [0.3, 0.4) is 0 Å². The van der Waals surface area contributed by atoms with E-state index in [1.165, 1.54) is 14.2 Å². The molecule has 0 aliphatic heterocycles. The van der Waals surface area contributed by atoms with Crippen LogP contribution in [0, 0.1) is 10.4 Å². The van der Waals surface area contributed by atoms with Gasteiger partial charge in [-0.15, -0.1) is 0 Å². The van der Waals surface area contributed by atoms with E-state index >= 15 is 0 Å². The van der Waals surface area contributed by atoms with Crippen LogP contribution in [-0.2, 0) is 9.88 Å². The Morgan fingerprint density at radius 3 is 2.30 bits per heavy atom. The minimum Gasteiger partial charge on any atom is -0.785 e. The second-order valence-corrected chi connectivity index (χ2v) is 1.65. The molecule has 0 saturated carbocycles. The molecule has 0 bridgehead atoms. The highest BCUT2D eigenvalue weighted by atomic mass is 17.3. The average molecular weight is 150 g/mol. The van der Waals surface area contributed by atoms with E-state index in [0.29, 0.717) is 5.06 Å². The van der Waals surface area contributed by atoms with Crippen LogP contribution in [0.1, 0.15) is 0 Å². The summed E-state index contributed by atoms with van der Waals surface area (Å²) in [4.78, 5) is 8.03. The van der Waals surface area contributed by atoms with E-state index in [2.05, 4.69) is 9.88 Å². The average Bonchev–Trinajstić information content (AvgIpc) is 1.85. The van der Waals surface area contributed by atoms with E-state index in [1.807, 2.05) is 0 Å². The number of hydrogen-bond donors (Lipinski definition) is 0. The molecule has 0 unspecified atom stereocenters. The lowest BCUT2D eigenvalue weighted by Crippen LogP contribution is -2.26. The molecule has 0 N–H and O–H groups in total. The van der Waals surface area contributed by atoms with Crippen LogP contribution in [0.4, 0.5) is 0 Å². The quantitative estimate of drug-likeness (QED) is 0.396. The zero-order valence-electron chi connectivity index (χ0n) is 5.94. The van der Waals surface area contributed by atoms with Gasteiger partial charge in [0.15, 0.2) is 0 Å². The highest BCUT2D eigenvalue weighted by molar-refractivity contribution is 4.51. The lowest BCUT2D eigenvalue weighted by molar-refractivity contribution is -0.396. The molecular weight excluding hydrogens is 140 g/mol. The first-order valence-electron chi connectivity index (χ1n) is 2.70. The molecule has 0 spiro atoms. The van der Waals surface area contributed by atoms with E-state index in [-0.39, 0.29) is 18.3 Å².